The molecule has 2 amide bonds. The summed E-state index contributed by atoms with van der Waals surface area (Å²) in [6, 6.07) is 4.13. The van der Waals surface area contributed by atoms with Gasteiger partial charge in [-0.05, 0) is 12.1 Å². The normalized spacial score (nSPS) is 22.3. The van der Waals surface area contributed by atoms with Crippen LogP contribution in [0.1, 0.15) is 6.42 Å². The van der Waals surface area contributed by atoms with Gasteiger partial charge in [0.2, 0.25) is 21.8 Å². The zero-order valence-corrected chi connectivity index (χ0v) is 16.4. The lowest BCUT2D eigenvalue weighted by atomic mass is 10.2. The van der Waals surface area contributed by atoms with Gasteiger partial charge in [0.1, 0.15) is 16.4 Å². The molecule has 2 aliphatic rings. The second-order valence-corrected chi connectivity index (χ2v) is 8.37. The summed E-state index contributed by atoms with van der Waals surface area (Å²) in [5.74, 6) is 0.231. The van der Waals surface area contributed by atoms with Crippen molar-refractivity contribution < 1.29 is 27.5 Å². The highest BCUT2D eigenvalue weighted by atomic mass is 32.2. The van der Waals surface area contributed by atoms with E-state index in [9.17, 15) is 18.0 Å². The summed E-state index contributed by atoms with van der Waals surface area (Å²) in [7, 11) is 0.573. The Labute approximate surface area is 158 Å². The number of hydrogen-bond acceptors (Lipinski definition) is 7. The average molecular weight is 397 g/mol. The highest BCUT2D eigenvalue weighted by Crippen LogP contribution is 2.31. The minimum atomic E-state index is -3.78. The predicted octanol–water partition coefficient (Wildman–Crippen LogP) is -0.233. The van der Waals surface area contributed by atoms with Crippen molar-refractivity contribution >= 4 is 21.8 Å². The molecule has 1 aromatic rings. The van der Waals surface area contributed by atoms with Crippen LogP contribution in [-0.2, 0) is 19.6 Å². The highest BCUT2D eigenvalue weighted by molar-refractivity contribution is 7.89. The quantitative estimate of drug-likeness (QED) is 0.633. The molecule has 0 aliphatic carbocycles. The molecule has 148 valence electrons. The molecule has 0 bridgehead atoms. The maximum Gasteiger partial charge on any atom is 0.246 e. The van der Waals surface area contributed by atoms with Gasteiger partial charge in [-0.1, -0.05) is 0 Å². The third kappa shape index (κ3) is 3.52. The Morgan fingerprint density at radius 2 is 1.70 bits per heavy atom. The van der Waals surface area contributed by atoms with E-state index < -0.39 is 16.1 Å². The fourth-order valence-corrected chi connectivity index (χ4v) is 4.99. The number of rotatable bonds is 5. The number of amides is 2. The monoisotopic (exact) mass is 397 g/mol. The first-order valence-electron chi connectivity index (χ1n) is 8.56. The molecule has 0 radical (unpaired) electrons. The molecule has 1 atom stereocenters. The largest absolute Gasteiger partial charge is 0.497 e. The molecule has 9 nitrogen and oxygen atoms in total. The van der Waals surface area contributed by atoms with E-state index in [0.717, 1.165) is 4.90 Å². The summed E-state index contributed by atoms with van der Waals surface area (Å²) < 4.78 is 37.9. The molecule has 2 saturated heterocycles. The Morgan fingerprint density at radius 1 is 1.04 bits per heavy atom. The zero-order chi connectivity index (χ0) is 19.8. The highest BCUT2D eigenvalue weighted by Gasteiger charge is 2.42. The van der Waals surface area contributed by atoms with E-state index in [2.05, 4.69) is 0 Å². The molecule has 0 N–H and O–H groups in total. The number of ether oxygens (including phenoxy) is 2. The zero-order valence-electron chi connectivity index (χ0n) is 15.5. The molecule has 3 rings (SSSR count). The standard InChI is InChI=1S/C17H23N3O6S/c1-18-16(21)11-13(17(18)22)19-6-8-20(9-7-19)27(23,24)15-10-12(25-2)4-5-14(15)26-3/h4-5,10,13H,6-9,11H2,1-3H3. The second kappa shape index (κ2) is 7.45. The molecular formula is C17H23N3O6S. The van der Waals surface area contributed by atoms with Gasteiger partial charge in [-0.3, -0.25) is 19.4 Å². The molecule has 1 unspecified atom stereocenters. The van der Waals surface area contributed by atoms with Gasteiger partial charge >= 0.3 is 0 Å². The van der Waals surface area contributed by atoms with Crippen molar-refractivity contribution in [2.75, 3.05) is 47.4 Å². The third-order valence-corrected chi connectivity index (χ3v) is 6.98. The van der Waals surface area contributed by atoms with Crippen LogP contribution in [0.25, 0.3) is 0 Å². The molecule has 1 aromatic carbocycles. The number of sulfonamides is 1. The minimum Gasteiger partial charge on any atom is -0.497 e. The molecule has 0 spiro atoms. The Kier molecular flexibility index (Phi) is 5.41. The number of likely N-dealkylation sites (tertiary alicyclic amines) is 1. The molecular weight excluding hydrogens is 374 g/mol. The number of imide groups is 1. The number of piperazine rings is 1. The van der Waals surface area contributed by atoms with E-state index in [-0.39, 0.29) is 42.0 Å². The Balaban J connectivity index is 1.76. The van der Waals surface area contributed by atoms with Gasteiger partial charge in [0.05, 0.1) is 26.7 Å². The number of nitrogens with zero attached hydrogens (tertiary/aromatic N) is 3. The summed E-state index contributed by atoms with van der Waals surface area (Å²) in [6.45, 7) is 1.21. The topological polar surface area (TPSA) is 96.5 Å². The molecule has 2 aliphatic heterocycles. The Bertz CT molecular complexity index is 848. The fourth-order valence-electron chi connectivity index (χ4n) is 3.40. The van der Waals surface area contributed by atoms with Crippen LogP contribution < -0.4 is 9.47 Å². The van der Waals surface area contributed by atoms with Crippen LogP contribution in [0, 0.1) is 0 Å². The number of carbonyl (C=O) groups is 2. The van der Waals surface area contributed by atoms with Crippen molar-refractivity contribution in [3.05, 3.63) is 18.2 Å². The van der Waals surface area contributed by atoms with Crippen LogP contribution in [0.3, 0.4) is 0 Å². The summed E-state index contributed by atoms with van der Waals surface area (Å²) in [4.78, 5) is 26.9. The van der Waals surface area contributed by atoms with Crippen molar-refractivity contribution in [3.63, 3.8) is 0 Å². The van der Waals surface area contributed by atoms with E-state index in [0.29, 0.717) is 18.8 Å². The number of methoxy groups -OCH3 is 2. The average Bonchev–Trinajstić information content (AvgIpc) is 2.94. The molecule has 10 heteroatoms. The van der Waals surface area contributed by atoms with Crippen LogP contribution >= 0.6 is 0 Å². The molecule has 0 aromatic heterocycles. The van der Waals surface area contributed by atoms with Gasteiger partial charge in [0, 0.05) is 39.3 Å². The van der Waals surface area contributed by atoms with E-state index in [1.54, 1.807) is 12.1 Å². The van der Waals surface area contributed by atoms with E-state index >= 15 is 0 Å². The first kappa shape index (κ1) is 19.6. The van der Waals surface area contributed by atoms with Gasteiger partial charge < -0.3 is 9.47 Å². The summed E-state index contributed by atoms with van der Waals surface area (Å²) in [5.41, 5.74) is 0. The fraction of sp³-hybridized carbons (Fsp3) is 0.529. The third-order valence-electron chi connectivity index (χ3n) is 5.06. The molecule has 27 heavy (non-hydrogen) atoms. The number of carbonyl (C=O) groups excluding carboxylic acids is 2. The maximum absolute atomic E-state index is 13.1. The maximum atomic E-state index is 13.1. The van der Waals surface area contributed by atoms with Crippen LogP contribution in [0.2, 0.25) is 0 Å². The van der Waals surface area contributed by atoms with E-state index in [4.69, 9.17) is 9.47 Å². The number of benzene rings is 1. The van der Waals surface area contributed by atoms with Crippen molar-refractivity contribution in [2.24, 2.45) is 0 Å². The van der Waals surface area contributed by atoms with Gasteiger partial charge in [0.25, 0.3) is 0 Å². The predicted molar refractivity (Wildman–Crippen MR) is 96.1 cm³/mol. The van der Waals surface area contributed by atoms with Crippen LogP contribution in [-0.4, -0.2) is 87.8 Å². The molecule has 2 heterocycles. The van der Waals surface area contributed by atoms with Gasteiger partial charge in [-0.25, -0.2) is 8.42 Å². The van der Waals surface area contributed by atoms with Gasteiger partial charge in [-0.2, -0.15) is 4.31 Å². The minimum absolute atomic E-state index is 0.0460. The van der Waals surface area contributed by atoms with Gasteiger partial charge in [-0.15, -0.1) is 0 Å². The Hall–Kier alpha value is -2.17. The summed E-state index contributed by atoms with van der Waals surface area (Å²) in [6.07, 6.45) is 0.145. The summed E-state index contributed by atoms with van der Waals surface area (Å²) >= 11 is 0. The van der Waals surface area contributed by atoms with Crippen molar-refractivity contribution in [1.29, 1.82) is 0 Å². The molecule has 0 saturated carbocycles. The first-order chi connectivity index (χ1) is 12.8. The van der Waals surface area contributed by atoms with E-state index in [1.165, 1.54) is 31.6 Å². The SMILES string of the molecule is COc1ccc(OC)c(S(=O)(=O)N2CCN(C3CC(=O)N(C)C3=O)CC2)c1. The van der Waals surface area contributed by atoms with Crippen molar-refractivity contribution in [3.8, 4) is 11.5 Å². The lowest BCUT2D eigenvalue weighted by Crippen LogP contribution is -2.53. The summed E-state index contributed by atoms with van der Waals surface area (Å²) in [5, 5.41) is 0. The first-order valence-corrected chi connectivity index (χ1v) is 10.00. The Morgan fingerprint density at radius 3 is 2.22 bits per heavy atom. The van der Waals surface area contributed by atoms with E-state index in [1.807, 2.05) is 4.90 Å². The number of likely N-dealkylation sites (N-methyl/N-ethyl adjacent to an activating group) is 1. The smallest absolute Gasteiger partial charge is 0.246 e. The second-order valence-electron chi connectivity index (χ2n) is 6.47. The molecule has 2 fully saturated rings. The lowest BCUT2D eigenvalue weighted by Gasteiger charge is -2.36. The van der Waals surface area contributed by atoms with Gasteiger partial charge in [0.15, 0.2) is 0 Å². The van der Waals surface area contributed by atoms with Crippen molar-refractivity contribution in [1.82, 2.24) is 14.1 Å². The lowest BCUT2D eigenvalue weighted by molar-refractivity contribution is -0.138. The number of hydrogen-bond donors (Lipinski definition) is 0. The van der Waals surface area contributed by atoms with Crippen LogP contribution in [0.15, 0.2) is 23.1 Å². The van der Waals surface area contributed by atoms with Crippen LogP contribution in [0.4, 0.5) is 0 Å². The van der Waals surface area contributed by atoms with Crippen molar-refractivity contribution in [2.45, 2.75) is 17.4 Å². The van der Waals surface area contributed by atoms with Crippen LogP contribution in [0.5, 0.6) is 11.5 Å².